The average molecular weight is 490 g/mol. The fraction of sp³-hybridized carbons (Fsp3) is 0.483. The van der Waals surface area contributed by atoms with Crippen LogP contribution in [0.2, 0.25) is 0 Å². The molecule has 2 aromatic carbocycles. The molecule has 7 nitrogen and oxygen atoms in total. The van der Waals surface area contributed by atoms with Crippen LogP contribution in [0, 0.1) is 5.92 Å². The molecule has 3 aliphatic rings. The Balaban J connectivity index is 1.19. The summed E-state index contributed by atoms with van der Waals surface area (Å²) in [5, 5.41) is 3.15. The molecule has 0 bridgehead atoms. The number of nitrogens with zero attached hydrogens (tertiary/aromatic N) is 2. The Labute approximate surface area is 212 Å². The van der Waals surface area contributed by atoms with E-state index in [4.69, 9.17) is 4.74 Å². The number of carbonyl (C=O) groups excluding carboxylic acids is 3. The van der Waals surface area contributed by atoms with E-state index in [0.29, 0.717) is 29.2 Å². The van der Waals surface area contributed by atoms with Crippen LogP contribution in [0.5, 0.6) is 5.75 Å². The zero-order chi connectivity index (χ0) is 25.1. The van der Waals surface area contributed by atoms with E-state index in [9.17, 15) is 14.4 Å². The fourth-order valence-corrected chi connectivity index (χ4v) is 5.74. The molecule has 2 fully saturated rings. The lowest BCUT2D eigenvalue weighted by molar-refractivity contribution is 0.0898. The molecule has 1 aliphatic carbocycles. The van der Waals surface area contributed by atoms with E-state index in [1.165, 1.54) is 38.6 Å². The minimum absolute atomic E-state index is 0.131. The molecule has 1 saturated carbocycles. The molecule has 1 saturated heterocycles. The smallest absolute Gasteiger partial charge is 0.266 e. The third-order valence-electron chi connectivity index (χ3n) is 7.72. The quantitative estimate of drug-likeness (QED) is 0.573. The van der Waals surface area contributed by atoms with Gasteiger partial charge in [-0.2, -0.15) is 0 Å². The van der Waals surface area contributed by atoms with Gasteiger partial charge in [0.05, 0.1) is 23.4 Å². The van der Waals surface area contributed by atoms with Crippen molar-refractivity contribution in [3.05, 3.63) is 59.2 Å². The zero-order valence-corrected chi connectivity index (χ0v) is 21.0. The van der Waals surface area contributed by atoms with Gasteiger partial charge in [0.15, 0.2) is 0 Å². The number of carbonyl (C=O) groups is 3. The number of hydrogen-bond acceptors (Lipinski definition) is 5. The molecular weight excluding hydrogens is 454 g/mol. The first-order valence-corrected chi connectivity index (χ1v) is 13.3. The number of benzene rings is 2. The van der Waals surface area contributed by atoms with Gasteiger partial charge in [0.1, 0.15) is 5.75 Å². The van der Waals surface area contributed by atoms with Gasteiger partial charge in [0.2, 0.25) is 0 Å². The second-order valence-corrected chi connectivity index (χ2v) is 10.2. The summed E-state index contributed by atoms with van der Waals surface area (Å²) in [6.07, 6.45) is 8.69. The predicted molar refractivity (Wildman–Crippen MR) is 139 cm³/mol. The van der Waals surface area contributed by atoms with E-state index in [-0.39, 0.29) is 23.4 Å². The van der Waals surface area contributed by atoms with E-state index in [1.807, 2.05) is 6.92 Å². The maximum Gasteiger partial charge on any atom is 0.266 e. The van der Waals surface area contributed by atoms with Crippen LogP contribution < -0.4 is 15.0 Å². The minimum Gasteiger partial charge on any atom is -0.494 e. The standard InChI is InChI=1S/C29H35N3O4/c1-2-36-24-11-9-23(10-12-24)32-28(34)25-13-8-21(18-26(25)29(32)35)27(33)30-22-14-16-31(17-15-22)19-20-6-4-3-5-7-20/h8-13,18,20,22H,2-7,14-17,19H2,1H3,(H,30,33). The predicted octanol–water partition coefficient (Wildman–Crippen LogP) is 4.66. The maximum absolute atomic E-state index is 13.1. The van der Waals surface area contributed by atoms with Crippen LogP contribution in [0.15, 0.2) is 42.5 Å². The van der Waals surface area contributed by atoms with Crippen molar-refractivity contribution in [1.29, 1.82) is 0 Å². The van der Waals surface area contributed by atoms with Crippen LogP contribution in [0.1, 0.15) is 82.9 Å². The number of amides is 3. The summed E-state index contributed by atoms with van der Waals surface area (Å²) in [6, 6.07) is 11.8. The van der Waals surface area contributed by atoms with E-state index in [0.717, 1.165) is 36.7 Å². The van der Waals surface area contributed by atoms with Gasteiger partial charge in [-0.1, -0.05) is 19.3 Å². The summed E-state index contributed by atoms with van der Waals surface area (Å²) in [6.45, 7) is 5.64. The number of anilines is 1. The second-order valence-electron chi connectivity index (χ2n) is 10.2. The highest BCUT2D eigenvalue weighted by Crippen LogP contribution is 2.30. The summed E-state index contributed by atoms with van der Waals surface area (Å²) < 4.78 is 5.45. The number of fused-ring (bicyclic) bond motifs is 1. The first kappa shape index (κ1) is 24.5. The molecule has 5 rings (SSSR count). The van der Waals surface area contributed by atoms with Crippen LogP contribution in [0.3, 0.4) is 0 Å². The van der Waals surface area contributed by atoms with Crippen LogP contribution in [0.4, 0.5) is 5.69 Å². The average Bonchev–Trinajstić information content (AvgIpc) is 3.15. The van der Waals surface area contributed by atoms with Gasteiger partial charge in [-0.25, -0.2) is 4.90 Å². The third kappa shape index (κ3) is 5.16. The molecule has 2 aromatic rings. The molecule has 0 radical (unpaired) electrons. The van der Waals surface area contributed by atoms with Crippen molar-refractivity contribution in [2.24, 2.45) is 5.92 Å². The summed E-state index contributed by atoms with van der Waals surface area (Å²) in [7, 11) is 0. The molecule has 0 spiro atoms. The van der Waals surface area contributed by atoms with Gasteiger partial charge in [0, 0.05) is 31.2 Å². The summed E-state index contributed by atoms with van der Waals surface area (Å²) in [5.41, 5.74) is 1.48. The molecule has 0 aromatic heterocycles. The van der Waals surface area contributed by atoms with E-state index in [2.05, 4.69) is 10.2 Å². The number of nitrogens with one attached hydrogen (secondary N) is 1. The first-order chi connectivity index (χ1) is 17.5. The summed E-state index contributed by atoms with van der Waals surface area (Å²) in [4.78, 5) is 42.8. The van der Waals surface area contributed by atoms with Gasteiger partial charge in [0.25, 0.3) is 17.7 Å². The Hall–Kier alpha value is -3.19. The van der Waals surface area contributed by atoms with Crippen LogP contribution in [0.25, 0.3) is 0 Å². The highest BCUT2D eigenvalue weighted by molar-refractivity contribution is 6.34. The van der Waals surface area contributed by atoms with Crippen molar-refractivity contribution in [3.63, 3.8) is 0 Å². The Bertz CT molecular complexity index is 1120. The number of rotatable bonds is 7. The number of piperidine rings is 1. The number of imide groups is 1. The van der Waals surface area contributed by atoms with Crippen molar-refractivity contribution >= 4 is 23.4 Å². The van der Waals surface area contributed by atoms with Crippen molar-refractivity contribution in [2.45, 2.75) is 57.9 Å². The second kappa shape index (κ2) is 10.8. The highest BCUT2D eigenvalue weighted by atomic mass is 16.5. The first-order valence-electron chi connectivity index (χ1n) is 13.3. The van der Waals surface area contributed by atoms with Crippen molar-refractivity contribution in [1.82, 2.24) is 10.2 Å². The van der Waals surface area contributed by atoms with Crippen LogP contribution in [-0.4, -0.2) is 54.9 Å². The van der Waals surface area contributed by atoms with Crippen molar-refractivity contribution in [3.8, 4) is 5.75 Å². The molecule has 7 heteroatoms. The van der Waals surface area contributed by atoms with Gasteiger partial charge in [-0.3, -0.25) is 14.4 Å². The Morgan fingerprint density at radius 1 is 0.917 bits per heavy atom. The van der Waals surface area contributed by atoms with Crippen molar-refractivity contribution in [2.75, 3.05) is 31.1 Å². The summed E-state index contributed by atoms with van der Waals surface area (Å²) >= 11 is 0. The monoisotopic (exact) mass is 489 g/mol. The van der Waals surface area contributed by atoms with Crippen LogP contribution >= 0.6 is 0 Å². The largest absolute Gasteiger partial charge is 0.494 e. The van der Waals surface area contributed by atoms with Crippen LogP contribution in [-0.2, 0) is 0 Å². The number of hydrogen-bond donors (Lipinski definition) is 1. The molecular formula is C29H35N3O4. The van der Waals surface area contributed by atoms with Gasteiger partial charge in [-0.05, 0) is 81.0 Å². The molecule has 36 heavy (non-hydrogen) atoms. The van der Waals surface area contributed by atoms with Gasteiger partial charge >= 0.3 is 0 Å². The molecule has 0 unspecified atom stereocenters. The number of likely N-dealkylation sites (tertiary alicyclic amines) is 1. The lowest BCUT2D eigenvalue weighted by atomic mass is 9.88. The zero-order valence-electron chi connectivity index (χ0n) is 21.0. The molecule has 2 heterocycles. The third-order valence-corrected chi connectivity index (χ3v) is 7.72. The number of ether oxygens (including phenoxy) is 1. The highest BCUT2D eigenvalue weighted by Gasteiger charge is 2.37. The Kier molecular flexibility index (Phi) is 7.37. The van der Waals surface area contributed by atoms with E-state index in [1.54, 1.807) is 42.5 Å². The topological polar surface area (TPSA) is 79.0 Å². The SMILES string of the molecule is CCOc1ccc(N2C(=O)c3ccc(C(=O)NC4CCN(CC5CCCCC5)CC4)cc3C2=O)cc1. The maximum atomic E-state index is 13.1. The molecule has 3 amide bonds. The van der Waals surface area contributed by atoms with Gasteiger partial charge in [-0.15, -0.1) is 0 Å². The lowest BCUT2D eigenvalue weighted by Crippen LogP contribution is -2.46. The summed E-state index contributed by atoms with van der Waals surface area (Å²) in [5.74, 6) is 0.528. The van der Waals surface area contributed by atoms with Gasteiger partial charge < -0.3 is 15.0 Å². The Morgan fingerprint density at radius 3 is 2.31 bits per heavy atom. The lowest BCUT2D eigenvalue weighted by Gasteiger charge is -2.35. The van der Waals surface area contributed by atoms with E-state index < -0.39 is 5.91 Å². The fourth-order valence-electron chi connectivity index (χ4n) is 5.74. The minimum atomic E-state index is -0.412. The van der Waals surface area contributed by atoms with Crippen molar-refractivity contribution < 1.29 is 19.1 Å². The molecule has 0 atom stereocenters. The van der Waals surface area contributed by atoms with E-state index >= 15 is 0 Å². The molecule has 2 aliphatic heterocycles. The Morgan fingerprint density at radius 2 is 1.61 bits per heavy atom. The normalized spacial score (nSPS) is 19.4. The molecule has 1 N–H and O–H groups in total. The molecule has 190 valence electrons.